The highest BCUT2D eigenvalue weighted by atomic mass is 16.2. The van der Waals surface area contributed by atoms with Crippen LogP contribution in [0.25, 0.3) is 6.08 Å². The van der Waals surface area contributed by atoms with Gasteiger partial charge in [0.1, 0.15) is 0 Å². The van der Waals surface area contributed by atoms with E-state index in [1.54, 1.807) is 22.8 Å². The van der Waals surface area contributed by atoms with Gasteiger partial charge in [0.2, 0.25) is 11.8 Å². The lowest BCUT2D eigenvalue weighted by atomic mass is 9.87. The fourth-order valence-electron chi connectivity index (χ4n) is 2.61. The Labute approximate surface area is 138 Å². The maximum absolute atomic E-state index is 12.2. The molecule has 1 aromatic carbocycles. The van der Waals surface area contributed by atoms with Gasteiger partial charge in [-0.25, -0.2) is 0 Å². The van der Waals surface area contributed by atoms with Gasteiger partial charge < -0.3 is 9.80 Å². The molecule has 2 amide bonds. The van der Waals surface area contributed by atoms with Crippen molar-refractivity contribution in [3.05, 3.63) is 41.5 Å². The van der Waals surface area contributed by atoms with Crippen LogP contribution in [0, 0.1) is 0 Å². The van der Waals surface area contributed by atoms with E-state index >= 15 is 0 Å². The lowest BCUT2D eigenvalue weighted by molar-refractivity contribution is -0.135. The van der Waals surface area contributed by atoms with Crippen LogP contribution in [0.4, 0.5) is 0 Å². The van der Waals surface area contributed by atoms with Gasteiger partial charge in [0, 0.05) is 39.2 Å². The maximum atomic E-state index is 12.2. The van der Waals surface area contributed by atoms with Crippen molar-refractivity contribution in [1.82, 2.24) is 9.80 Å². The highest BCUT2D eigenvalue weighted by Gasteiger charge is 2.20. The predicted molar refractivity (Wildman–Crippen MR) is 93.0 cm³/mol. The summed E-state index contributed by atoms with van der Waals surface area (Å²) in [6, 6.07) is 8.29. The molecule has 1 saturated heterocycles. The Balaban J connectivity index is 1.93. The van der Waals surface area contributed by atoms with E-state index in [9.17, 15) is 9.59 Å². The van der Waals surface area contributed by atoms with Crippen molar-refractivity contribution >= 4 is 17.9 Å². The van der Waals surface area contributed by atoms with Crippen molar-refractivity contribution < 1.29 is 9.59 Å². The Morgan fingerprint density at radius 1 is 0.957 bits per heavy atom. The van der Waals surface area contributed by atoms with E-state index in [1.165, 1.54) is 5.56 Å². The summed E-state index contributed by atoms with van der Waals surface area (Å²) < 4.78 is 0. The van der Waals surface area contributed by atoms with Crippen molar-refractivity contribution in [3.63, 3.8) is 0 Å². The average molecular weight is 314 g/mol. The van der Waals surface area contributed by atoms with Gasteiger partial charge in [0.25, 0.3) is 0 Å². The molecule has 0 aromatic heterocycles. The van der Waals surface area contributed by atoms with Crippen molar-refractivity contribution in [2.45, 2.75) is 33.1 Å². The molecule has 1 aliphatic rings. The van der Waals surface area contributed by atoms with Crippen LogP contribution < -0.4 is 0 Å². The molecular weight excluding hydrogens is 288 g/mol. The van der Waals surface area contributed by atoms with E-state index in [-0.39, 0.29) is 17.2 Å². The predicted octanol–water partition coefficient (Wildman–Crippen LogP) is 2.69. The van der Waals surface area contributed by atoms with Gasteiger partial charge >= 0.3 is 0 Å². The first-order valence-corrected chi connectivity index (χ1v) is 8.10. The van der Waals surface area contributed by atoms with Crippen molar-refractivity contribution in [2.75, 3.05) is 26.2 Å². The quantitative estimate of drug-likeness (QED) is 0.788. The first kappa shape index (κ1) is 17.3. The van der Waals surface area contributed by atoms with Gasteiger partial charge in [-0.3, -0.25) is 9.59 Å². The minimum absolute atomic E-state index is 0.00750. The third kappa shape index (κ3) is 4.68. The molecule has 1 aliphatic heterocycles. The number of benzene rings is 1. The number of hydrogen-bond acceptors (Lipinski definition) is 2. The van der Waals surface area contributed by atoms with Crippen LogP contribution in [0.1, 0.15) is 38.8 Å². The summed E-state index contributed by atoms with van der Waals surface area (Å²) in [6.45, 7) is 10.6. The van der Waals surface area contributed by atoms with Gasteiger partial charge in [0.15, 0.2) is 0 Å². The Hall–Kier alpha value is -2.10. The summed E-state index contributed by atoms with van der Waals surface area (Å²) >= 11 is 0. The van der Waals surface area contributed by atoms with Crippen LogP contribution in [0.2, 0.25) is 0 Å². The first-order chi connectivity index (χ1) is 10.8. The topological polar surface area (TPSA) is 40.6 Å². The van der Waals surface area contributed by atoms with E-state index in [4.69, 9.17) is 0 Å². The molecule has 4 heteroatoms. The highest BCUT2D eigenvalue weighted by Crippen LogP contribution is 2.22. The normalized spacial score (nSPS) is 16.0. The maximum Gasteiger partial charge on any atom is 0.246 e. The SMILES string of the molecule is CC(=O)N1CCN(C(=O)/C=C/c2ccc(C(C)(C)C)cc2)CC1. The van der Waals surface area contributed by atoms with Crippen molar-refractivity contribution in [2.24, 2.45) is 0 Å². The molecule has 0 radical (unpaired) electrons. The summed E-state index contributed by atoms with van der Waals surface area (Å²) in [7, 11) is 0. The highest BCUT2D eigenvalue weighted by molar-refractivity contribution is 5.92. The zero-order valence-electron chi connectivity index (χ0n) is 14.5. The van der Waals surface area contributed by atoms with Crippen LogP contribution in [0.15, 0.2) is 30.3 Å². The Morgan fingerprint density at radius 3 is 1.96 bits per heavy atom. The van der Waals surface area contributed by atoms with E-state index < -0.39 is 0 Å². The van der Waals surface area contributed by atoms with Crippen LogP contribution >= 0.6 is 0 Å². The summed E-state index contributed by atoms with van der Waals surface area (Å²) in [6.07, 6.45) is 3.47. The third-order valence-corrected chi connectivity index (χ3v) is 4.23. The molecule has 0 unspecified atom stereocenters. The van der Waals surface area contributed by atoms with Crippen molar-refractivity contribution in [3.8, 4) is 0 Å². The first-order valence-electron chi connectivity index (χ1n) is 8.10. The fraction of sp³-hybridized carbons (Fsp3) is 0.474. The van der Waals surface area contributed by atoms with Crippen LogP contribution in [-0.4, -0.2) is 47.8 Å². The minimum atomic E-state index is 0.00750. The fourth-order valence-corrected chi connectivity index (χ4v) is 2.61. The molecule has 23 heavy (non-hydrogen) atoms. The lowest BCUT2D eigenvalue weighted by Gasteiger charge is -2.33. The average Bonchev–Trinajstić information content (AvgIpc) is 2.52. The van der Waals surface area contributed by atoms with E-state index in [0.29, 0.717) is 26.2 Å². The van der Waals surface area contributed by atoms with E-state index in [0.717, 1.165) is 5.56 Å². The number of amides is 2. The molecule has 1 fully saturated rings. The standard InChI is InChI=1S/C19H26N2O2/c1-15(22)20-11-13-21(14-12-20)18(23)10-7-16-5-8-17(9-6-16)19(2,3)4/h5-10H,11-14H2,1-4H3/b10-7+. The molecule has 2 rings (SSSR count). The molecular formula is C19H26N2O2. The number of nitrogens with zero attached hydrogens (tertiary/aromatic N) is 2. The summed E-state index contributed by atoms with van der Waals surface area (Å²) in [5, 5.41) is 0. The largest absolute Gasteiger partial charge is 0.339 e. The van der Waals surface area contributed by atoms with E-state index in [1.807, 2.05) is 18.2 Å². The molecule has 0 spiro atoms. The van der Waals surface area contributed by atoms with Gasteiger partial charge in [-0.05, 0) is 22.6 Å². The number of piperazine rings is 1. The molecule has 1 aromatic rings. The molecule has 0 bridgehead atoms. The van der Waals surface area contributed by atoms with Gasteiger partial charge in [-0.15, -0.1) is 0 Å². The number of carbonyl (C=O) groups is 2. The molecule has 0 aliphatic carbocycles. The molecule has 124 valence electrons. The number of rotatable bonds is 2. The Morgan fingerprint density at radius 2 is 1.48 bits per heavy atom. The van der Waals surface area contributed by atoms with Gasteiger partial charge in [-0.2, -0.15) is 0 Å². The Kier molecular flexibility index (Phi) is 5.24. The van der Waals surface area contributed by atoms with Gasteiger partial charge in [-0.1, -0.05) is 45.0 Å². The second-order valence-electron chi connectivity index (χ2n) is 7.04. The van der Waals surface area contributed by atoms with Gasteiger partial charge in [0.05, 0.1) is 0 Å². The zero-order valence-corrected chi connectivity index (χ0v) is 14.5. The van der Waals surface area contributed by atoms with Crippen molar-refractivity contribution in [1.29, 1.82) is 0 Å². The lowest BCUT2D eigenvalue weighted by Crippen LogP contribution is -2.49. The second kappa shape index (κ2) is 6.99. The number of hydrogen-bond donors (Lipinski definition) is 0. The molecule has 0 N–H and O–H groups in total. The Bertz CT molecular complexity index is 589. The molecule has 1 heterocycles. The monoisotopic (exact) mass is 314 g/mol. The minimum Gasteiger partial charge on any atom is -0.339 e. The van der Waals surface area contributed by atoms with Crippen LogP contribution in [-0.2, 0) is 15.0 Å². The van der Waals surface area contributed by atoms with E-state index in [2.05, 4.69) is 32.9 Å². The third-order valence-electron chi connectivity index (χ3n) is 4.23. The summed E-state index contributed by atoms with van der Waals surface area (Å²) in [5.41, 5.74) is 2.43. The molecule has 4 nitrogen and oxygen atoms in total. The number of carbonyl (C=O) groups excluding carboxylic acids is 2. The summed E-state index contributed by atoms with van der Waals surface area (Å²) in [4.78, 5) is 27.1. The molecule has 0 saturated carbocycles. The second-order valence-corrected chi connectivity index (χ2v) is 7.04. The molecule has 0 atom stereocenters. The van der Waals surface area contributed by atoms with Crippen LogP contribution in [0.5, 0.6) is 0 Å². The zero-order chi connectivity index (χ0) is 17.0. The summed E-state index contributed by atoms with van der Waals surface area (Å²) in [5.74, 6) is 0.0830. The van der Waals surface area contributed by atoms with Crippen LogP contribution in [0.3, 0.4) is 0 Å². The smallest absolute Gasteiger partial charge is 0.246 e.